The molecule has 0 spiro atoms. The topological polar surface area (TPSA) is 82.6 Å². The summed E-state index contributed by atoms with van der Waals surface area (Å²) in [6.07, 6.45) is 8.33. The molecule has 0 bridgehead atoms. The fourth-order valence-electron chi connectivity index (χ4n) is 4.95. The smallest absolute Gasteiger partial charge is 0.245 e. The number of pyridine rings is 1. The van der Waals surface area contributed by atoms with Gasteiger partial charge < -0.3 is 15.1 Å². The van der Waals surface area contributed by atoms with E-state index in [1.165, 1.54) is 5.56 Å². The summed E-state index contributed by atoms with van der Waals surface area (Å²) in [5.74, 6) is 0.196. The minimum absolute atomic E-state index is 0.0737. The molecule has 0 aliphatic carbocycles. The van der Waals surface area contributed by atoms with E-state index in [0.717, 1.165) is 44.3 Å². The van der Waals surface area contributed by atoms with Crippen LogP contribution in [0.3, 0.4) is 0 Å². The second-order valence-corrected chi connectivity index (χ2v) is 9.41. The standard InChI is InChI=1S/C27H34N4O3/c32-25(19-21-6-2-1-3-7-21)29-24(8-9-26(33)30-15-4-5-16-30)27(34)31-17-12-23(20-31)18-22-10-13-28-14-11-22/h1-3,6-7,10-11,13-14,23-24H,4-5,8-9,12,15-20H2,(H,29,32)/t23-,24?/m0/s1. The average Bonchev–Trinajstić information content (AvgIpc) is 3.55. The van der Waals surface area contributed by atoms with Gasteiger partial charge in [-0.1, -0.05) is 30.3 Å². The van der Waals surface area contributed by atoms with Gasteiger partial charge in [-0.25, -0.2) is 0 Å². The van der Waals surface area contributed by atoms with Gasteiger partial charge >= 0.3 is 0 Å². The van der Waals surface area contributed by atoms with Crippen LogP contribution in [0.1, 0.15) is 43.2 Å². The first-order valence-corrected chi connectivity index (χ1v) is 12.4. The molecule has 2 aromatic rings. The van der Waals surface area contributed by atoms with Crippen LogP contribution in [-0.2, 0) is 27.2 Å². The average molecular weight is 463 g/mol. The highest BCUT2D eigenvalue weighted by atomic mass is 16.2. The number of hydrogen-bond acceptors (Lipinski definition) is 4. The molecule has 1 aromatic carbocycles. The lowest BCUT2D eigenvalue weighted by Gasteiger charge is -2.25. The summed E-state index contributed by atoms with van der Waals surface area (Å²) in [4.78, 5) is 46.6. The van der Waals surface area contributed by atoms with Crippen LogP contribution in [0.4, 0.5) is 0 Å². The van der Waals surface area contributed by atoms with E-state index in [-0.39, 0.29) is 30.6 Å². The zero-order valence-corrected chi connectivity index (χ0v) is 19.7. The second kappa shape index (κ2) is 11.8. The molecule has 34 heavy (non-hydrogen) atoms. The monoisotopic (exact) mass is 462 g/mol. The summed E-state index contributed by atoms with van der Waals surface area (Å²) < 4.78 is 0. The molecule has 2 saturated heterocycles. The fourth-order valence-corrected chi connectivity index (χ4v) is 4.95. The van der Waals surface area contributed by atoms with Crippen LogP contribution in [0.2, 0.25) is 0 Å². The number of aromatic nitrogens is 1. The van der Waals surface area contributed by atoms with E-state index in [4.69, 9.17) is 0 Å². The van der Waals surface area contributed by atoms with Crippen LogP contribution in [0.25, 0.3) is 0 Å². The molecule has 7 heteroatoms. The molecular formula is C27H34N4O3. The lowest BCUT2D eigenvalue weighted by Crippen LogP contribution is -2.49. The fraction of sp³-hybridized carbons (Fsp3) is 0.481. The van der Waals surface area contributed by atoms with E-state index in [1.807, 2.05) is 52.3 Å². The maximum Gasteiger partial charge on any atom is 0.245 e. The Kier molecular flexibility index (Phi) is 8.28. The van der Waals surface area contributed by atoms with Crippen LogP contribution < -0.4 is 5.32 Å². The summed E-state index contributed by atoms with van der Waals surface area (Å²) in [5.41, 5.74) is 2.12. The largest absolute Gasteiger partial charge is 0.344 e. The van der Waals surface area contributed by atoms with E-state index in [9.17, 15) is 14.4 Å². The number of likely N-dealkylation sites (tertiary alicyclic amines) is 2. The third kappa shape index (κ3) is 6.65. The predicted octanol–water partition coefficient (Wildman–Crippen LogP) is 2.60. The third-order valence-electron chi connectivity index (χ3n) is 6.82. The van der Waals surface area contributed by atoms with Crippen molar-refractivity contribution in [3.8, 4) is 0 Å². The number of nitrogens with one attached hydrogen (secondary N) is 1. The van der Waals surface area contributed by atoms with Crippen molar-refractivity contribution >= 4 is 17.7 Å². The molecule has 3 amide bonds. The molecule has 0 radical (unpaired) electrons. The van der Waals surface area contributed by atoms with Gasteiger partial charge in [0.15, 0.2) is 0 Å². The number of hydrogen-bond donors (Lipinski definition) is 1. The number of amides is 3. The number of rotatable bonds is 9. The van der Waals surface area contributed by atoms with Crippen LogP contribution in [0.5, 0.6) is 0 Å². The van der Waals surface area contributed by atoms with E-state index in [1.54, 1.807) is 12.4 Å². The van der Waals surface area contributed by atoms with E-state index < -0.39 is 6.04 Å². The van der Waals surface area contributed by atoms with Crippen molar-refractivity contribution in [3.63, 3.8) is 0 Å². The second-order valence-electron chi connectivity index (χ2n) is 9.41. The van der Waals surface area contributed by atoms with Crippen LogP contribution in [-0.4, -0.2) is 64.7 Å². The van der Waals surface area contributed by atoms with E-state index in [2.05, 4.69) is 10.3 Å². The van der Waals surface area contributed by atoms with Crippen molar-refractivity contribution < 1.29 is 14.4 Å². The molecule has 7 nitrogen and oxygen atoms in total. The predicted molar refractivity (Wildman–Crippen MR) is 130 cm³/mol. The van der Waals surface area contributed by atoms with Gasteiger partial charge in [0, 0.05) is 45.0 Å². The molecule has 3 heterocycles. The molecule has 1 aromatic heterocycles. The van der Waals surface area contributed by atoms with Crippen molar-refractivity contribution in [1.82, 2.24) is 20.1 Å². The Labute approximate surface area is 201 Å². The van der Waals surface area contributed by atoms with Gasteiger partial charge in [-0.05, 0) is 61.3 Å². The molecule has 0 saturated carbocycles. The number of nitrogens with zero attached hydrogens (tertiary/aromatic N) is 3. The highest BCUT2D eigenvalue weighted by molar-refractivity contribution is 5.89. The number of carbonyl (C=O) groups is 3. The molecule has 4 rings (SSSR count). The first kappa shape index (κ1) is 23.9. The van der Waals surface area contributed by atoms with E-state index in [0.29, 0.717) is 25.4 Å². The SMILES string of the molecule is O=C(Cc1ccccc1)NC(CCC(=O)N1CCCC1)C(=O)N1CC[C@@H](Cc2ccncc2)C1. The molecule has 2 atom stereocenters. The minimum Gasteiger partial charge on any atom is -0.344 e. The van der Waals surface area contributed by atoms with Crippen LogP contribution >= 0.6 is 0 Å². The van der Waals surface area contributed by atoms with Gasteiger partial charge in [0.25, 0.3) is 0 Å². The lowest BCUT2D eigenvalue weighted by atomic mass is 9.99. The Bertz CT molecular complexity index is 960. The van der Waals surface area contributed by atoms with Crippen LogP contribution in [0.15, 0.2) is 54.9 Å². The Morgan fingerprint density at radius 2 is 1.68 bits per heavy atom. The summed E-state index contributed by atoms with van der Waals surface area (Å²) in [6, 6.07) is 12.9. The molecule has 180 valence electrons. The van der Waals surface area contributed by atoms with Crippen molar-refractivity contribution in [2.45, 2.75) is 51.0 Å². The zero-order valence-electron chi connectivity index (χ0n) is 19.7. The third-order valence-corrected chi connectivity index (χ3v) is 6.82. The van der Waals surface area contributed by atoms with Gasteiger partial charge in [0.1, 0.15) is 6.04 Å². The number of carbonyl (C=O) groups excluding carboxylic acids is 3. The molecule has 1 N–H and O–H groups in total. The Morgan fingerprint density at radius 1 is 0.941 bits per heavy atom. The number of benzene rings is 1. The Hall–Kier alpha value is -3.22. The molecule has 2 fully saturated rings. The zero-order chi connectivity index (χ0) is 23.8. The summed E-state index contributed by atoms with van der Waals surface area (Å²) in [6.45, 7) is 2.94. The van der Waals surface area contributed by atoms with Crippen LogP contribution in [0, 0.1) is 5.92 Å². The van der Waals surface area contributed by atoms with Gasteiger partial charge in [-0.2, -0.15) is 0 Å². The van der Waals surface area contributed by atoms with E-state index >= 15 is 0 Å². The van der Waals surface area contributed by atoms with Crippen molar-refractivity contribution in [2.75, 3.05) is 26.2 Å². The molecule has 2 aliphatic rings. The first-order valence-electron chi connectivity index (χ1n) is 12.4. The normalized spacial score (nSPS) is 18.6. The van der Waals surface area contributed by atoms with Gasteiger partial charge in [-0.15, -0.1) is 0 Å². The minimum atomic E-state index is -0.678. The van der Waals surface area contributed by atoms with Gasteiger partial charge in [-0.3, -0.25) is 19.4 Å². The quantitative estimate of drug-likeness (QED) is 0.621. The molecule has 1 unspecified atom stereocenters. The summed E-state index contributed by atoms with van der Waals surface area (Å²) in [5, 5.41) is 2.94. The van der Waals surface area contributed by atoms with Crippen molar-refractivity contribution in [2.24, 2.45) is 5.92 Å². The highest BCUT2D eigenvalue weighted by Crippen LogP contribution is 2.22. The van der Waals surface area contributed by atoms with Crippen molar-refractivity contribution in [3.05, 3.63) is 66.0 Å². The summed E-state index contributed by atoms with van der Waals surface area (Å²) >= 11 is 0. The Balaban J connectivity index is 1.37. The maximum atomic E-state index is 13.4. The first-order chi connectivity index (χ1) is 16.6. The molecular weight excluding hydrogens is 428 g/mol. The van der Waals surface area contributed by atoms with Gasteiger partial charge in [0.2, 0.25) is 17.7 Å². The lowest BCUT2D eigenvalue weighted by molar-refractivity contribution is -0.136. The highest BCUT2D eigenvalue weighted by Gasteiger charge is 2.32. The van der Waals surface area contributed by atoms with Crippen molar-refractivity contribution in [1.29, 1.82) is 0 Å². The van der Waals surface area contributed by atoms with Gasteiger partial charge in [0.05, 0.1) is 6.42 Å². The summed E-state index contributed by atoms with van der Waals surface area (Å²) in [7, 11) is 0. The Morgan fingerprint density at radius 3 is 2.41 bits per heavy atom. The molecule has 2 aliphatic heterocycles. The maximum absolute atomic E-state index is 13.4.